The molecule has 74 valence electrons. The molecular formula is C8H13ClN2OS. The Labute approximate surface area is 86.8 Å². The first kappa shape index (κ1) is 10.8. The molecule has 0 bridgehead atoms. The van der Waals surface area contributed by atoms with Crippen molar-refractivity contribution in [3.05, 3.63) is 10.0 Å². The summed E-state index contributed by atoms with van der Waals surface area (Å²) in [5.41, 5.74) is 0. The number of nitrogens with one attached hydrogen (secondary N) is 1. The number of halogens is 1. The van der Waals surface area contributed by atoms with E-state index < -0.39 is 0 Å². The second-order valence-corrected chi connectivity index (χ2v) is 4.61. The highest BCUT2D eigenvalue weighted by Gasteiger charge is 2.07. The van der Waals surface area contributed by atoms with Gasteiger partial charge in [0.05, 0.1) is 11.5 Å². The van der Waals surface area contributed by atoms with E-state index in [4.69, 9.17) is 16.7 Å². The second-order valence-electron chi connectivity index (χ2n) is 3.17. The van der Waals surface area contributed by atoms with Gasteiger partial charge in [-0.1, -0.05) is 36.8 Å². The number of anilines is 1. The Balaban J connectivity index is 2.57. The van der Waals surface area contributed by atoms with Gasteiger partial charge < -0.3 is 10.4 Å². The minimum absolute atomic E-state index is 0.0418. The molecule has 0 aromatic carbocycles. The van der Waals surface area contributed by atoms with Crippen LogP contribution >= 0.6 is 22.9 Å². The molecule has 0 amide bonds. The number of hydrogen-bond donors (Lipinski definition) is 2. The third-order valence-electron chi connectivity index (χ3n) is 1.45. The highest BCUT2D eigenvalue weighted by molar-refractivity contribution is 7.16. The number of nitrogens with zero attached hydrogens (tertiary/aromatic N) is 1. The van der Waals surface area contributed by atoms with E-state index in [9.17, 15) is 0 Å². The van der Waals surface area contributed by atoms with Gasteiger partial charge in [-0.15, -0.1) is 0 Å². The molecule has 0 radical (unpaired) electrons. The molecule has 0 saturated heterocycles. The molecule has 1 aromatic heterocycles. The monoisotopic (exact) mass is 220 g/mol. The summed E-state index contributed by atoms with van der Waals surface area (Å²) in [6.45, 7) is 5.07. The normalized spacial score (nSPS) is 10.8. The van der Waals surface area contributed by atoms with Crippen LogP contribution in [0, 0.1) is 5.92 Å². The van der Waals surface area contributed by atoms with Crippen molar-refractivity contribution in [2.24, 2.45) is 5.92 Å². The van der Waals surface area contributed by atoms with E-state index in [-0.39, 0.29) is 6.61 Å². The van der Waals surface area contributed by atoms with Crippen molar-refractivity contribution in [3.8, 4) is 0 Å². The molecule has 0 spiro atoms. The summed E-state index contributed by atoms with van der Waals surface area (Å²) >= 11 is 7.16. The fourth-order valence-electron chi connectivity index (χ4n) is 0.798. The van der Waals surface area contributed by atoms with Crippen LogP contribution in [0.3, 0.4) is 0 Å². The topological polar surface area (TPSA) is 45.2 Å². The molecule has 3 nitrogen and oxygen atoms in total. The summed E-state index contributed by atoms with van der Waals surface area (Å²) in [5, 5.41) is 13.2. The lowest BCUT2D eigenvalue weighted by Crippen LogP contribution is -2.07. The summed E-state index contributed by atoms with van der Waals surface area (Å²) in [5.74, 6) is 0.570. The first-order valence-corrected chi connectivity index (χ1v) is 5.33. The van der Waals surface area contributed by atoms with Crippen LogP contribution in [-0.2, 0) is 6.61 Å². The van der Waals surface area contributed by atoms with Gasteiger partial charge in [-0.2, -0.15) is 0 Å². The van der Waals surface area contributed by atoms with Gasteiger partial charge in [0.2, 0.25) is 0 Å². The van der Waals surface area contributed by atoms with E-state index in [2.05, 4.69) is 24.1 Å². The van der Waals surface area contributed by atoms with Crippen molar-refractivity contribution in [1.29, 1.82) is 0 Å². The molecule has 0 unspecified atom stereocenters. The fraction of sp³-hybridized carbons (Fsp3) is 0.625. The molecule has 0 aliphatic heterocycles. The minimum atomic E-state index is -0.0418. The maximum Gasteiger partial charge on any atom is 0.184 e. The van der Waals surface area contributed by atoms with Gasteiger partial charge in [-0.25, -0.2) is 4.98 Å². The van der Waals surface area contributed by atoms with Crippen molar-refractivity contribution in [1.82, 2.24) is 4.98 Å². The molecule has 1 rings (SSSR count). The third-order valence-corrected chi connectivity index (χ3v) is 2.88. The Morgan fingerprint density at radius 2 is 2.31 bits per heavy atom. The quantitative estimate of drug-likeness (QED) is 0.819. The summed E-state index contributed by atoms with van der Waals surface area (Å²) in [6, 6.07) is 0. The Morgan fingerprint density at radius 1 is 1.62 bits per heavy atom. The molecule has 2 N–H and O–H groups in total. The van der Waals surface area contributed by atoms with Crippen LogP contribution < -0.4 is 5.32 Å². The summed E-state index contributed by atoms with van der Waals surface area (Å²) in [6.07, 6.45) is 0. The van der Waals surface area contributed by atoms with Crippen LogP contribution in [0.2, 0.25) is 5.15 Å². The van der Waals surface area contributed by atoms with Gasteiger partial charge in [0.15, 0.2) is 5.13 Å². The van der Waals surface area contributed by atoms with Gasteiger partial charge in [-0.3, -0.25) is 0 Å². The maximum atomic E-state index is 8.87. The van der Waals surface area contributed by atoms with Gasteiger partial charge in [0.1, 0.15) is 5.15 Å². The van der Waals surface area contributed by atoms with Crippen molar-refractivity contribution >= 4 is 28.1 Å². The van der Waals surface area contributed by atoms with Crippen molar-refractivity contribution in [3.63, 3.8) is 0 Å². The van der Waals surface area contributed by atoms with E-state index in [0.717, 1.165) is 11.7 Å². The van der Waals surface area contributed by atoms with E-state index in [0.29, 0.717) is 15.9 Å². The largest absolute Gasteiger partial charge is 0.391 e. The number of aliphatic hydroxyl groups is 1. The second kappa shape index (κ2) is 4.79. The molecule has 13 heavy (non-hydrogen) atoms. The Hall–Kier alpha value is -0.320. The molecule has 0 atom stereocenters. The summed E-state index contributed by atoms with van der Waals surface area (Å²) in [4.78, 5) is 4.78. The summed E-state index contributed by atoms with van der Waals surface area (Å²) in [7, 11) is 0. The molecule has 0 fully saturated rings. The van der Waals surface area contributed by atoms with Gasteiger partial charge >= 0.3 is 0 Å². The molecule has 5 heteroatoms. The van der Waals surface area contributed by atoms with Crippen molar-refractivity contribution < 1.29 is 5.11 Å². The van der Waals surface area contributed by atoms with Crippen LogP contribution in [0.25, 0.3) is 0 Å². The number of aliphatic hydroxyl groups excluding tert-OH is 1. The number of hydrogen-bond acceptors (Lipinski definition) is 4. The van der Waals surface area contributed by atoms with E-state index in [1.807, 2.05) is 0 Å². The van der Waals surface area contributed by atoms with Crippen LogP contribution in [-0.4, -0.2) is 16.6 Å². The lowest BCUT2D eigenvalue weighted by atomic mass is 10.2. The average molecular weight is 221 g/mol. The molecule has 1 aromatic rings. The van der Waals surface area contributed by atoms with Gasteiger partial charge in [0.25, 0.3) is 0 Å². The zero-order valence-electron chi connectivity index (χ0n) is 7.67. The smallest absolute Gasteiger partial charge is 0.184 e. The van der Waals surface area contributed by atoms with Crippen molar-refractivity contribution in [2.45, 2.75) is 20.5 Å². The third kappa shape index (κ3) is 3.14. The first-order chi connectivity index (χ1) is 6.13. The van der Waals surface area contributed by atoms with Gasteiger partial charge in [0, 0.05) is 6.54 Å². The molecule has 0 aliphatic carbocycles. The standard InChI is InChI=1S/C8H13ClN2OS/c1-5(2)3-10-8-11-7(9)6(4-12)13-8/h5,12H,3-4H2,1-2H3,(H,10,11). The lowest BCUT2D eigenvalue weighted by molar-refractivity contribution is 0.285. The lowest BCUT2D eigenvalue weighted by Gasteiger charge is -2.03. The molecule has 1 heterocycles. The van der Waals surface area contributed by atoms with Crippen LogP contribution in [0.4, 0.5) is 5.13 Å². The predicted octanol–water partition coefficient (Wildman–Crippen LogP) is 2.36. The number of aromatic nitrogens is 1. The van der Waals surface area contributed by atoms with E-state index in [1.165, 1.54) is 11.3 Å². The zero-order chi connectivity index (χ0) is 9.84. The van der Waals surface area contributed by atoms with Gasteiger partial charge in [-0.05, 0) is 5.92 Å². The zero-order valence-corrected chi connectivity index (χ0v) is 9.24. The minimum Gasteiger partial charge on any atom is -0.391 e. The average Bonchev–Trinajstić information content (AvgIpc) is 2.43. The van der Waals surface area contributed by atoms with E-state index in [1.54, 1.807) is 0 Å². The summed E-state index contributed by atoms with van der Waals surface area (Å²) < 4.78 is 0. The van der Waals surface area contributed by atoms with Crippen LogP contribution in [0.15, 0.2) is 0 Å². The maximum absolute atomic E-state index is 8.87. The predicted molar refractivity (Wildman–Crippen MR) is 56.4 cm³/mol. The number of rotatable bonds is 4. The van der Waals surface area contributed by atoms with Crippen molar-refractivity contribution in [2.75, 3.05) is 11.9 Å². The Bertz CT molecular complexity index is 275. The van der Waals surface area contributed by atoms with Crippen LogP contribution in [0.1, 0.15) is 18.7 Å². The SMILES string of the molecule is CC(C)CNc1nc(Cl)c(CO)s1. The number of thiazole rings is 1. The molecular weight excluding hydrogens is 208 g/mol. The van der Waals surface area contributed by atoms with Crippen LogP contribution in [0.5, 0.6) is 0 Å². The first-order valence-electron chi connectivity index (χ1n) is 4.13. The highest BCUT2D eigenvalue weighted by Crippen LogP contribution is 2.26. The fourth-order valence-corrected chi connectivity index (χ4v) is 1.83. The van der Waals surface area contributed by atoms with E-state index >= 15 is 0 Å². The molecule has 0 aliphatic rings. The highest BCUT2D eigenvalue weighted by atomic mass is 35.5. The Kier molecular flexibility index (Phi) is 3.96. The molecule has 0 saturated carbocycles. The Morgan fingerprint density at radius 3 is 2.77 bits per heavy atom.